The average Bonchev–Trinajstić information content (AvgIpc) is 3.09. The molecule has 4 aliphatic rings. The summed E-state index contributed by atoms with van der Waals surface area (Å²) in [5.74, 6) is 0.250. The minimum atomic E-state index is -0.505. The maximum atomic E-state index is 15.4. The molecule has 3 heterocycles. The molecule has 0 aromatic heterocycles. The Balaban J connectivity index is 1.30. The largest absolute Gasteiger partial charge is 0.496 e. The van der Waals surface area contributed by atoms with Crippen molar-refractivity contribution in [1.82, 2.24) is 15.5 Å². The van der Waals surface area contributed by atoms with E-state index in [-0.39, 0.29) is 11.7 Å². The van der Waals surface area contributed by atoms with Gasteiger partial charge in [-0.05, 0) is 60.9 Å². The zero-order valence-corrected chi connectivity index (χ0v) is 26.9. The number of allylic oxidation sites excluding steroid dienone is 4. The molecule has 0 saturated carbocycles. The first kappa shape index (κ1) is 32.1. The molecule has 0 radical (unpaired) electrons. The van der Waals surface area contributed by atoms with Crippen LogP contribution in [0, 0.1) is 11.7 Å². The third kappa shape index (κ3) is 7.78. The van der Waals surface area contributed by atoms with Crippen LogP contribution in [-0.2, 0) is 14.3 Å². The highest BCUT2D eigenvalue weighted by Crippen LogP contribution is 2.30. The third-order valence-corrected chi connectivity index (χ3v) is 8.40. The zero-order valence-electron chi connectivity index (χ0n) is 26.9. The molecule has 0 bridgehead atoms. The van der Waals surface area contributed by atoms with E-state index >= 15 is 4.39 Å². The third-order valence-electron chi connectivity index (χ3n) is 8.40. The van der Waals surface area contributed by atoms with Gasteiger partial charge in [-0.25, -0.2) is 9.38 Å². The lowest BCUT2D eigenvalue weighted by atomic mass is 9.97. The van der Waals surface area contributed by atoms with E-state index in [2.05, 4.69) is 51.8 Å². The normalized spacial score (nSPS) is 21.3. The van der Waals surface area contributed by atoms with Crippen molar-refractivity contribution in [3.05, 3.63) is 95.9 Å². The van der Waals surface area contributed by atoms with Crippen LogP contribution >= 0.6 is 0 Å². The average molecular weight is 644 g/mol. The summed E-state index contributed by atoms with van der Waals surface area (Å²) in [4.78, 5) is 21.6. The number of anilines is 3. The molecule has 11 nitrogen and oxygen atoms in total. The minimum Gasteiger partial charge on any atom is -0.496 e. The van der Waals surface area contributed by atoms with Crippen molar-refractivity contribution < 1.29 is 23.4 Å². The Morgan fingerprint density at radius 1 is 1.06 bits per heavy atom. The molecule has 6 rings (SSSR count). The molecule has 2 aromatic carbocycles. The van der Waals surface area contributed by atoms with E-state index in [4.69, 9.17) is 19.2 Å². The number of halogens is 1. The number of nitrogens with one attached hydrogen (secondary N) is 4. The zero-order chi connectivity index (χ0) is 32.8. The van der Waals surface area contributed by atoms with Gasteiger partial charge in [0.1, 0.15) is 11.6 Å². The molecule has 3 aliphatic heterocycles. The van der Waals surface area contributed by atoms with Crippen molar-refractivity contribution in [2.45, 2.75) is 19.6 Å². The summed E-state index contributed by atoms with van der Waals surface area (Å²) < 4.78 is 32.1. The minimum absolute atomic E-state index is 0.325. The molecule has 2 aromatic rings. The lowest BCUT2D eigenvalue weighted by molar-refractivity contribution is -0.111. The number of carbonyl (C=O) groups excluding carboxylic acids is 1. The standard InChI is InChI=1S/C35H42FN7O4/c1-4-33(44)39-24-6-8-32(45-3)28(20-24)34-30(38-25-5-7-31(29(36)21-25)43-11-15-47-16-12-43)22-37-35(41-34)40-26-17-23(2)18-27(19-26)42-9-13-46-14-10-42/h4-8,18-23,35,37-38,40H,1,9-17H2,2-3H3,(H,39,44). The number of hydrogen-bond donors (Lipinski definition) is 4. The van der Waals surface area contributed by atoms with Gasteiger partial charge in [-0.3, -0.25) is 4.79 Å². The molecule has 248 valence electrons. The fraction of sp³-hybridized carbons (Fsp3) is 0.371. The molecule has 2 atom stereocenters. The van der Waals surface area contributed by atoms with Gasteiger partial charge < -0.3 is 45.3 Å². The molecular formula is C35H42FN7O4. The predicted octanol–water partition coefficient (Wildman–Crippen LogP) is 4.15. The first-order chi connectivity index (χ1) is 22.9. The molecule has 1 amide bonds. The van der Waals surface area contributed by atoms with Gasteiger partial charge in [0.05, 0.1) is 50.6 Å². The van der Waals surface area contributed by atoms with Crippen LogP contribution in [0.2, 0.25) is 0 Å². The van der Waals surface area contributed by atoms with Gasteiger partial charge >= 0.3 is 0 Å². The van der Waals surface area contributed by atoms with Crippen LogP contribution in [0.4, 0.5) is 21.5 Å². The Kier molecular flexibility index (Phi) is 10.1. The summed E-state index contributed by atoms with van der Waals surface area (Å²) in [5, 5.41) is 13.1. The molecule has 2 fully saturated rings. The molecule has 4 N–H and O–H groups in total. The fourth-order valence-electron chi connectivity index (χ4n) is 6.09. The number of ether oxygens (including phenoxy) is 3. The monoisotopic (exact) mass is 643 g/mol. The number of methoxy groups -OCH3 is 1. The molecule has 47 heavy (non-hydrogen) atoms. The second-order valence-corrected chi connectivity index (χ2v) is 11.8. The predicted molar refractivity (Wildman–Crippen MR) is 182 cm³/mol. The summed E-state index contributed by atoms with van der Waals surface area (Å²) in [6.45, 7) is 11.3. The molecule has 12 heteroatoms. The number of carbonyl (C=O) groups is 1. The number of amides is 1. The van der Waals surface area contributed by atoms with Gasteiger partial charge in [-0.15, -0.1) is 0 Å². The van der Waals surface area contributed by atoms with Crippen molar-refractivity contribution in [2.24, 2.45) is 10.9 Å². The van der Waals surface area contributed by atoms with Crippen LogP contribution in [0.3, 0.4) is 0 Å². The van der Waals surface area contributed by atoms with Gasteiger partial charge in [0.25, 0.3) is 0 Å². The highest BCUT2D eigenvalue weighted by atomic mass is 19.1. The Labute approximate surface area is 274 Å². The Bertz CT molecular complexity index is 1610. The number of benzene rings is 2. The fourth-order valence-corrected chi connectivity index (χ4v) is 6.09. The van der Waals surface area contributed by atoms with Crippen molar-refractivity contribution in [3.8, 4) is 5.75 Å². The lowest BCUT2D eigenvalue weighted by Crippen LogP contribution is -2.43. The lowest BCUT2D eigenvalue weighted by Gasteiger charge is -2.34. The van der Waals surface area contributed by atoms with Gasteiger partial charge in [0.15, 0.2) is 6.29 Å². The first-order valence-corrected chi connectivity index (χ1v) is 16.0. The van der Waals surface area contributed by atoms with Crippen LogP contribution < -0.4 is 30.9 Å². The highest BCUT2D eigenvalue weighted by Gasteiger charge is 2.25. The summed E-state index contributed by atoms with van der Waals surface area (Å²) in [5.41, 5.74) is 5.72. The van der Waals surface area contributed by atoms with Gasteiger partial charge in [-0.2, -0.15) is 0 Å². The Morgan fingerprint density at radius 3 is 2.49 bits per heavy atom. The maximum absolute atomic E-state index is 15.4. The second-order valence-electron chi connectivity index (χ2n) is 11.8. The van der Waals surface area contributed by atoms with E-state index in [0.717, 1.165) is 25.2 Å². The molecule has 2 unspecified atom stereocenters. The van der Waals surface area contributed by atoms with Crippen molar-refractivity contribution >= 4 is 28.7 Å². The van der Waals surface area contributed by atoms with E-state index in [9.17, 15) is 4.79 Å². The van der Waals surface area contributed by atoms with Crippen LogP contribution in [0.5, 0.6) is 5.75 Å². The van der Waals surface area contributed by atoms with Crippen LogP contribution in [0.25, 0.3) is 0 Å². The summed E-state index contributed by atoms with van der Waals surface area (Å²) in [6, 6.07) is 10.5. The highest BCUT2D eigenvalue weighted by molar-refractivity contribution is 6.16. The van der Waals surface area contributed by atoms with Crippen LogP contribution in [0.15, 0.2) is 89.5 Å². The summed E-state index contributed by atoms with van der Waals surface area (Å²) in [6.07, 6.45) is 7.87. The SMILES string of the molecule is C=CC(=O)Nc1ccc(OC)c(C2=NC(NC3=CC(N4CCOCC4)=CC(C)C3)NC=C2Nc2ccc(N3CCOCC3)c(F)c2)c1. The van der Waals surface area contributed by atoms with Crippen molar-refractivity contribution in [3.63, 3.8) is 0 Å². The van der Waals surface area contributed by atoms with Crippen LogP contribution in [0.1, 0.15) is 18.9 Å². The summed E-state index contributed by atoms with van der Waals surface area (Å²) >= 11 is 0. The van der Waals surface area contributed by atoms with Crippen molar-refractivity contribution in [2.75, 3.05) is 75.2 Å². The first-order valence-electron chi connectivity index (χ1n) is 16.0. The number of nitrogens with zero attached hydrogens (tertiary/aromatic N) is 3. The van der Waals surface area contributed by atoms with E-state index < -0.39 is 6.29 Å². The van der Waals surface area contributed by atoms with Gasteiger partial charge in [0.2, 0.25) is 5.91 Å². The van der Waals surface area contributed by atoms with E-state index in [0.29, 0.717) is 85.2 Å². The second kappa shape index (κ2) is 14.7. The molecule has 2 saturated heterocycles. The van der Waals surface area contributed by atoms with Gasteiger partial charge in [-0.1, -0.05) is 19.6 Å². The number of morpholine rings is 2. The van der Waals surface area contributed by atoms with E-state index in [1.54, 1.807) is 31.4 Å². The number of hydrogen-bond acceptors (Lipinski definition) is 10. The smallest absolute Gasteiger partial charge is 0.247 e. The van der Waals surface area contributed by atoms with E-state index in [1.165, 1.54) is 17.8 Å². The summed E-state index contributed by atoms with van der Waals surface area (Å²) in [7, 11) is 1.59. The topological polar surface area (TPSA) is 112 Å². The maximum Gasteiger partial charge on any atom is 0.247 e. The van der Waals surface area contributed by atoms with Gasteiger partial charge in [0, 0.05) is 60.7 Å². The Morgan fingerprint density at radius 2 is 1.79 bits per heavy atom. The van der Waals surface area contributed by atoms with Crippen molar-refractivity contribution in [1.29, 1.82) is 0 Å². The number of rotatable bonds is 10. The molecule has 0 spiro atoms. The number of aliphatic imine (C=N–C) groups is 1. The molecular weight excluding hydrogens is 601 g/mol. The molecule has 1 aliphatic carbocycles. The van der Waals surface area contributed by atoms with Crippen LogP contribution in [-0.4, -0.2) is 82.5 Å². The van der Waals surface area contributed by atoms with E-state index in [1.807, 2.05) is 17.2 Å². The quantitative estimate of drug-likeness (QED) is 0.284. The Hall–Kier alpha value is -4.81.